The fraction of sp³-hybridized carbons (Fsp3) is 0.500. The van der Waals surface area contributed by atoms with Crippen molar-refractivity contribution in [3.05, 3.63) is 38.8 Å². The lowest BCUT2D eigenvalue weighted by atomic mass is 10.2. The van der Waals surface area contributed by atoms with E-state index < -0.39 is 0 Å². The van der Waals surface area contributed by atoms with Crippen molar-refractivity contribution in [1.82, 2.24) is 29.9 Å². The number of rotatable bonds is 3. The maximum atomic E-state index is 12.7. The fourth-order valence-corrected chi connectivity index (χ4v) is 4.08. The van der Waals surface area contributed by atoms with Crippen LogP contribution in [0.3, 0.4) is 0 Å². The Morgan fingerprint density at radius 2 is 2.23 bits per heavy atom. The third-order valence-electron chi connectivity index (χ3n) is 4.75. The molecule has 10 heteroatoms. The molecule has 1 unspecified atom stereocenters. The first-order chi connectivity index (χ1) is 12.0. The van der Waals surface area contributed by atoms with E-state index in [1.165, 1.54) is 4.57 Å². The number of nitrogens with zero attached hydrogens (tertiary/aromatic N) is 5. The molecule has 0 spiro atoms. The Bertz CT molecular complexity index is 981. The van der Waals surface area contributed by atoms with Crippen LogP contribution in [0.1, 0.15) is 28.2 Å². The number of hydrogen-bond donors (Lipinski definition) is 1. The van der Waals surface area contributed by atoms with Crippen LogP contribution < -0.4 is 10.9 Å². The molecule has 0 bridgehead atoms. The van der Waals surface area contributed by atoms with Gasteiger partial charge in [-0.05, 0) is 26.5 Å². The van der Waals surface area contributed by atoms with Crippen molar-refractivity contribution in [2.75, 3.05) is 26.7 Å². The summed E-state index contributed by atoms with van der Waals surface area (Å²) in [6.45, 7) is 6.87. The van der Waals surface area contributed by atoms with Crippen LogP contribution in [0.4, 0.5) is 0 Å². The number of thiophene rings is 1. The summed E-state index contributed by atoms with van der Waals surface area (Å²) >= 11 is 1.54. The van der Waals surface area contributed by atoms with Crippen molar-refractivity contribution >= 4 is 34.0 Å². The molecule has 26 heavy (non-hydrogen) atoms. The Kier molecular flexibility index (Phi) is 5.42. The van der Waals surface area contributed by atoms with E-state index in [1.54, 1.807) is 17.7 Å². The summed E-state index contributed by atoms with van der Waals surface area (Å²) in [5.41, 5.74) is 0.927. The van der Waals surface area contributed by atoms with Gasteiger partial charge in [-0.25, -0.2) is 4.98 Å². The third kappa shape index (κ3) is 3.27. The first kappa shape index (κ1) is 19.0. The topological polar surface area (TPSA) is 89.1 Å². The van der Waals surface area contributed by atoms with Crippen LogP contribution in [0, 0.1) is 13.8 Å². The Labute approximate surface area is 160 Å². The summed E-state index contributed by atoms with van der Waals surface area (Å²) in [7, 11) is 2.05. The van der Waals surface area contributed by atoms with Gasteiger partial charge >= 0.3 is 0 Å². The van der Waals surface area contributed by atoms with Gasteiger partial charge in [-0.3, -0.25) is 14.3 Å². The number of likely N-dealkylation sites (N-methyl/N-ethyl adjacent to an activating group) is 1. The van der Waals surface area contributed by atoms with Crippen LogP contribution in [0.2, 0.25) is 0 Å². The van der Waals surface area contributed by atoms with E-state index in [0.29, 0.717) is 17.1 Å². The Morgan fingerprint density at radius 3 is 3.00 bits per heavy atom. The van der Waals surface area contributed by atoms with E-state index in [-0.39, 0.29) is 30.6 Å². The number of halogens is 1. The highest BCUT2D eigenvalue weighted by atomic mass is 35.5. The van der Waals surface area contributed by atoms with E-state index in [9.17, 15) is 4.79 Å². The molecule has 1 saturated heterocycles. The van der Waals surface area contributed by atoms with Crippen LogP contribution in [-0.4, -0.2) is 51.3 Å². The zero-order valence-electron chi connectivity index (χ0n) is 14.9. The van der Waals surface area contributed by atoms with E-state index in [0.717, 1.165) is 34.9 Å². The molecule has 0 saturated carbocycles. The van der Waals surface area contributed by atoms with Gasteiger partial charge < -0.3 is 9.84 Å². The van der Waals surface area contributed by atoms with Crippen LogP contribution in [0.25, 0.3) is 10.2 Å². The highest BCUT2D eigenvalue weighted by molar-refractivity contribution is 7.18. The van der Waals surface area contributed by atoms with Crippen LogP contribution in [0.5, 0.6) is 0 Å². The summed E-state index contributed by atoms with van der Waals surface area (Å²) in [6.07, 6.45) is 1.55. The quantitative estimate of drug-likeness (QED) is 0.717. The molecule has 0 aliphatic carbocycles. The first-order valence-corrected chi connectivity index (χ1v) is 9.05. The molecule has 8 nitrogen and oxygen atoms in total. The van der Waals surface area contributed by atoms with Gasteiger partial charge in [0.2, 0.25) is 5.89 Å². The molecule has 0 aromatic carbocycles. The monoisotopic (exact) mass is 396 g/mol. The SMILES string of the molecule is Cc1sc2ncn(Cc3nc(C4CNCCN4C)no3)c(=O)c2c1C.Cl. The number of aromatic nitrogens is 4. The average Bonchev–Trinajstić information content (AvgIpc) is 3.16. The van der Waals surface area contributed by atoms with E-state index in [4.69, 9.17) is 4.52 Å². The molecular formula is C16H21ClN6O2S. The maximum absolute atomic E-state index is 12.7. The van der Waals surface area contributed by atoms with Gasteiger partial charge in [0.1, 0.15) is 11.4 Å². The minimum absolute atomic E-state index is 0. The summed E-state index contributed by atoms with van der Waals surface area (Å²) < 4.78 is 6.90. The zero-order chi connectivity index (χ0) is 17.6. The Hall–Kier alpha value is -1.81. The zero-order valence-corrected chi connectivity index (χ0v) is 16.5. The van der Waals surface area contributed by atoms with Crippen LogP contribution >= 0.6 is 23.7 Å². The molecule has 3 aromatic rings. The van der Waals surface area contributed by atoms with Gasteiger partial charge in [-0.15, -0.1) is 23.7 Å². The fourth-order valence-electron chi connectivity index (χ4n) is 3.09. The molecule has 4 heterocycles. The maximum Gasteiger partial charge on any atom is 0.262 e. The predicted octanol–water partition coefficient (Wildman–Crippen LogP) is 1.50. The number of fused-ring (bicyclic) bond motifs is 1. The molecule has 1 aliphatic rings. The van der Waals surface area contributed by atoms with Crippen LogP contribution in [0.15, 0.2) is 15.6 Å². The highest BCUT2D eigenvalue weighted by Crippen LogP contribution is 2.25. The van der Waals surface area contributed by atoms with Gasteiger partial charge in [0.25, 0.3) is 5.56 Å². The number of piperazine rings is 1. The highest BCUT2D eigenvalue weighted by Gasteiger charge is 2.25. The molecule has 1 atom stereocenters. The summed E-state index contributed by atoms with van der Waals surface area (Å²) in [5.74, 6) is 1.07. The molecule has 1 aliphatic heterocycles. The molecule has 3 aromatic heterocycles. The predicted molar refractivity (Wildman–Crippen MR) is 102 cm³/mol. The van der Waals surface area contributed by atoms with Gasteiger partial charge in [0.15, 0.2) is 5.82 Å². The van der Waals surface area contributed by atoms with E-state index in [1.807, 2.05) is 20.9 Å². The lowest BCUT2D eigenvalue weighted by Crippen LogP contribution is -2.44. The van der Waals surface area contributed by atoms with Gasteiger partial charge in [-0.2, -0.15) is 4.98 Å². The number of nitrogens with one attached hydrogen (secondary N) is 1. The van der Waals surface area contributed by atoms with Crippen molar-refractivity contribution in [3.8, 4) is 0 Å². The first-order valence-electron chi connectivity index (χ1n) is 8.23. The minimum Gasteiger partial charge on any atom is -0.337 e. The second-order valence-electron chi connectivity index (χ2n) is 6.39. The summed E-state index contributed by atoms with van der Waals surface area (Å²) in [6, 6.07) is 0.0883. The second-order valence-corrected chi connectivity index (χ2v) is 7.59. The van der Waals surface area contributed by atoms with Gasteiger partial charge in [0.05, 0.1) is 17.8 Å². The second kappa shape index (κ2) is 7.43. The smallest absolute Gasteiger partial charge is 0.262 e. The van der Waals surface area contributed by atoms with Crippen molar-refractivity contribution < 1.29 is 4.52 Å². The molecule has 4 rings (SSSR count). The van der Waals surface area contributed by atoms with E-state index >= 15 is 0 Å². The third-order valence-corrected chi connectivity index (χ3v) is 5.87. The Morgan fingerprint density at radius 1 is 1.42 bits per heavy atom. The lowest BCUT2D eigenvalue weighted by Gasteiger charge is -2.30. The molecule has 140 valence electrons. The normalized spacial score (nSPS) is 18.2. The van der Waals surface area contributed by atoms with E-state index in [2.05, 4.69) is 25.3 Å². The van der Waals surface area contributed by atoms with Gasteiger partial charge in [-0.1, -0.05) is 5.16 Å². The summed E-state index contributed by atoms with van der Waals surface area (Å²) in [4.78, 5) is 25.7. The molecule has 0 radical (unpaired) electrons. The lowest BCUT2D eigenvalue weighted by molar-refractivity contribution is 0.190. The summed E-state index contributed by atoms with van der Waals surface area (Å²) in [5, 5.41) is 8.11. The number of aryl methyl sites for hydroxylation is 2. The van der Waals surface area contributed by atoms with Crippen molar-refractivity contribution in [2.24, 2.45) is 0 Å². The largest absolute Gasteiger partial charge is 0.337 e. The van der Waals surface area contributed by atoms with Crippen molar-refractivity contribution in [2.45, 2.75) is 26.4 Å². The standard InChI is InChI=1S/C16H20N6O2S.ClH/c1-9-10(2)25-15-13(9)16(23)22(8-18-15)7-12-19-14(20-24-12)11-6-17-4-5-21(11)3;/h8,11,17H,4-7H2,1-3H3;1H. The van der Waals surface area contributed by atoms with Crippen molar-refractivity contribution in [3.63, 3.8) is 0 Å². The van der Waals surface area contributed by atoms with Crippen molar-refractivity contribution in [1.29, 1.82) is 0 Å². The molecule has 1 N–H and O–H groups in total. The molecular weight excluding hydrogens is 376 g/mol. The van der Waals surface area contributed by atoms with Gasteiger partial charge in [0, 0.05) is 24.5 Å². The Balaban J connectivity index is 0.00000196. The molecule has 0 amide bonds. The average molecular weight is 397 g/mol. The minimum atomic E-state index is -0.0666. The number of hydrogen-bond acceptors (Lipinski definition) is 8. The van der Waals surface area contributed by atoms with Crippen LogP contribution in [-0.2, 0) is 6.54 Å². The molecule has 1 fully saturated rings.